The fourth-order valence-electron chi connectivity index (χ4n) is 0.364. The van der Waals surface area contributed by atoms with Crippen molar-refractivity contribution in [3.8, 4) is 0 Å². The van der Waals surface area contributed by atoms with Gasteiger partial charge in [0.2, 0.25) is 0 Å². The van der Waals surface area contributed by atoms with Gasteiger partial charge in [-0.3, -0.25) is 4.57 Å². The van der Waals surface area contributed by atoms with Crippen molar-refractivity contribution in [1.82, 2.24) is 0 Å². The van der Waals surface area contributed by atoms with E-state index in [9.17, 15) is 4.57 Å². The van der Waals surface area contributed by atoms with Crippen molar-refractivity contribution in [2.75, 3.05) is 6.16 Å². The Labute approximate surface area is 75.2 Å². The van der Waals surface area contributed by atoms with Gasteiger partial charge in [-0.1, -0.05) is 13.3 Å². The van der Waals surface area contributed by atoms with E-state index in [-0.39, 0.29) is 33.5 Å². The Hall–Kier alpha value is 1.07. The zero-order valence-electron chi connectivity index (χ0n) is 5.58. The van der Waals surface area contributed by atoms with E-state index in [1.807, 2.05) is 6.92 Å². The van der Waals surface area contributed by atoms with Gasteiger partial charge in [-0.2, -0.15) is 0 Å². The summed E-state index contributed by atoms with van der Waals surface area (Å²) in [6, 6.07) is 0. The quantitative estimate of drug-likeness (QED) is 0.579. The van der Waals surface area contributed by atoms with Gasteiger partial charge in [-0.15, -0.1) is 0 Å². The number of unbranched alkanes of at least 4 members (excludes halogenated alkanes) is 1. The summed E-state index contributed by atoms with van der Waals surface area (Å²) in [5.74, 6) is 0. The molecule has 0 saturated heterocycles. The van der Waals surface area contributed by atoms with Gasteiger partial charge in [0.05, 0.1) is 0 Å². The zero-order valence-corrected chi connectivity index (χ0v) is 10.5. The molecular formula is C4H11CdO3P. The van der Waals surface area contributed by atoms with Crippen LogP contribution in [0, 0.1) is 0 Å². The Balaban J connectivity index is 0. The van der Waals surface area contributed by atoms with Crippen LogP contribution >= 0.6 is 7.60 Å². The Morgan fingerprint density at radius 2 is 1.89 bits per heavy atom. The molecule has 0 unspecified atom stereocenters. The first-order chi connectivity index (χ1) is 3.56. The maximum absolute atomic E-state index is 10.1. The summed E-state index contributed by atoms with van der Waals surface area (Å²) in [5, 5.41) is 0. The zero-order chi connectivity index (χ0) is 6.62. The summed E-state index contributed by atoms with van der Waals surface area (Å²) < 4.78 is 10.1. The molecule has 0 atom stereocenters. The standard InChI is InChI=1S/C4H11O3P.Cd/c1-2-3-4-8(5,6)7;/h2-4H2,1H3,(H2,5,6,7);. The third-order valence-corrected chi connectivity index (χ3v) is 1.70. The van der Waals surface area contributed by atoms with Crippen molar-refractivity contribution >= 4 is 7.60 Å². The first-order valence-corrected chi connectivity index (χ1v) is 4.40. The van der Waals surface area contributed by atoms with E-state index >= 15 is 0 Å². The minimum Gasteiger partial charge on any atom is -0.324 e. The van der Waals surface area contributed by atoms with E-state index in [4.69, 9.17) is 9.79 Å². The normalized spacial score (nSPS) is 10.6. The van der Waals surface area contributed by atoms with Crippen molar-refractivity contribution in [1.29, 1.82) is 0 Å². The molecule has 52 valence electrons. The predicted octanol–water partition coefficient (Wildman–Crippen LogP) is 0.962. The number of hydrogen-bond acceptors (Lipinski definition) is 1. The van der Waals surface area contributed by atoms with Crippen LogP contribution in [0.1, 0.15) is 19.8 Å². The van der Waals surface area contributed by atoms with Crippen LogP contribution in [0.3, 0.4) is 0 Å². The van der Waals surface area contributed by atoms with Gasteiger partial charge in [0, 0.05) is 33.5 Å². The molecule has 0 fully saturated rings. The first kappa shape index (κ1) is 12.7. The maximum atomic E-state index is 10.1. The molecule has 0 saturated carbocycles. The molecule has 3 nitrogen and oxygen atoms in total. The van der Waals surface area contributed by atoms with Crippen LogP contribution in [0.15, 0.2) is 0 Å². The van der Waals surface area contributed by atoms with Gasteiger partial charge < -0.3 is 9.79 Å². The van der Waals surface area contributed by atoms with Crippen LogP contribution in [0.2, 0.25) is 0 Å². The fraction of sp³-hybridized carbons (Fsp3) is 1.00. The first-order valence-electron chi connectivity index (χ1n) is 2.61. The van der Waals surface area contributed by atoms with Gasteiger partial charge >= 0.3 is 7.60 Å². The van der Waals surface area contributed by atoms with E-state index in [0.29, 0.717) is 6.42 Å². The fourth-order valence-corrected chi connectivity index (χ4v) is 1.09. The molecule has 0 aromatic carbocycles. The van der Waals surface area contributed by atoms with Crippen molar-refractivity contribution in [2.24, 2.45) is 0 Å². The minimum absolute atomic E-state index is 0. The third-order valence-electron chi connectivity index (χ3n) is 0.803. The van der Waals surface area contributed by atoms with Crippen molar-refractivity contribution in [3.63, 3.8) is 0 Å². The van der Waals surface area contributed by atoms with Gasteiger partial charge in [-0.05, 0) is 6.42 Å². The molecule has 0 spiro atoms. The third kappa shape index (κ3) is 12.3. The van der Waals surface area contributed by atoms with Crippen LogP contribution in [0.4, 0.5) is 0 Å². The summed E-state index contributed by atoms with van der Waals surface area (Å²) in [7, 11) is -3.68. The summed E-state index contributed by atoms with van der Waals surface area (Å²) in [6.07, 6.45) is 1.49. The molecule has 0 aliphatic heterocycles. The second-order valence-corrected chi connectivity index (χ2v) is 3.52. The van der Waals surface area contributed by atoms with E-state index in [0.717, 1.165) is 6.42 Å². The van der Waals surface area contributed by atoms with E-state index < -0.39 is 7.60 Å². The molecule has 2 N–H and O–H groups in total. The second-order valence-electron chi connectivity index (χ2n) is 1.74. The average Bonchev–Trinajstić information content (AvgIpc) is 1.59. The van der Waals surface area contributed by atoms with Crippen LogP contribution < -0.4 is 0 Å². The Kier molecular flexibility index (Phi) is 8.24. The smallest absolute Gasteiger partial charge is 0.324 e. The Morgan fingerprint density at radius 3 is 2.00 bits per heavy atom. The Morgan fingerprint density at radius 1 is 1.44 bits per heavy atom. The molecule has 9 heavy (non-hydrogen) atoms. The average molecular weight is 251 g/mol. The van der Waals surface area contributed by atoms with E-state index in [2.05, 4.69) is 0 Å². The molecule has 0 aromatic heterocycles. The largest absolute Gasteiger partial charge is 0.325 e. The number of hydrogen-bond donors (Lipinski definition) is 2. The van der Waals surface area contributed by atoms with Crippen molar-refractivity contribution in [3.05, 3.63) is 0 Å². The van der Waals surface area contributed by atoms with Crippen LogP contribution in [0.5, 0.6) is 0 Å². The SMILES string of the molecule is CCCCP(=O)(O)O.[Cd]. The van der Waals surface area contributed by atoms with E-state index in [1.165, 1.54) is 0 Å². The van der Waals surface area contributed by atoms with Gasteiger partial charge in [0.25, 0.3) is 0 Å². The summed E-state index contributed by atoms with van der Waals surface area (Å²) in [6.45, 7) is 1.90. The maximum Gasteiger partial charge on any atom is 0.325 e. The van der Waals surface area contributed by atoms with Crippen LogP contribution in [0.25, 0.3) is 0 Å². The molecule has 0 rings (SSSR count). The molecule has 5 heteroatoms. The van der Waals surface area contributed by atoms with Gasteiger partial charge in [-0.25, -0.2) is 0 Å². The summed E-state index contributed by atoms with van der Waals surface area (Å²) in [4.78, 5) is 16.5. The van der Waals surface area contributed by atoms with Crippen molar-refractivity contribution < 1.29 is 41.7 Å². The minimum atomic E-state index is -3.68. The predicted molar refractivity (Wildman–Crippen MR) is 31.8 cm³/mol. The Bertz CT molecular complexity index is 100.0. The molecule has 0 bridgehead atoms. The van der Waals surface area contributed by atoms with Gasteiger partial charge in [0.15, 0.2) is 0 Å². The summed E-state index contributed by atoms with van der Waals surface area (Å²) >= 11 is 0. The molecule has 0 radical (unpaired) electrons. The van der Waals surface area contributed by atoms with Crippen LogP contribution in [-0.4, -0.2) is 15.9 Å². The van der Waals surface area contributed by atoms with Gasteiger partial charge in [0.1, 0.15) is 0 Å². The topological polar surface area (TPSA) is 57.5 Å². The summed E-state index contributed by atoms with van der Waals surface area (Å²) in [5.41, 5.74) is 0. The molecule has 0 aliphatic carbocycles. The molecular weight excluding hydrogens is 239 g/mol. The number of rotatable bonds is 3. The second kappa shape index (κ2) is 5.83. The molecule has 0 aliphatic rings. The van der Waals surface area contributed by atoms with Crippen LogP contribution in [-0.2, 0) is 31.9 Å². The molecule has 0 aromatic rings. The monoisotopic (exact) mass is 252 g/mol. The van der Waals surface area contributed by atoms with E-state index in [1.54, 1.807) is 0 Å². The van der Waals surface area contributed by atoms with Crippen molar-refractivity contribution in [2.45, 2.75) is 19.8 Å². The molecule has 0 heterocycles. The molecule has 0 amide bonds.